The summed E-state index contributed by atoms with van der Waals surface area (Å²) in [6.07, 6.45) is -1.38. The highest BCUT2D eigenvalue weighted by Gasteiger charge is 2.37. The number of aromatic nitrogens is 1. The minimum absolute atomic E-state index is 0.195. The Morgan fingerprint density at radius 3 is 1.53 bits per heavy atom. The van der Waals surface area contributed by atoms with E-state index >= 15 is 17.6 Å². The molecule has 4 amide bonds. The van der Waals surface area contributed by atoms with E-state index in [2.05, 4.69) is 4.98 Å². The molecular formula is C43H29F8N5O4S2. The van der Waals surface area contributed by atoms with Gasteiger partial charge < -0.3 is 20.4 Å². The Morgan fingerprint density at radius 1 is 0.565 bits per heavy atom. The van der Waals surface area contributed by atoms with Gasteiger partial charge in [-0.05, 0) is 88.6 Å². The van der Waals surface area contributed by atoms with E-state index in [0.717, 1.165) is 48.9 Å². The number of carbonyl (C=O) groups is 4. The molecule has 0 aliphatic rings. The fourth-order valence-corrected chi connectivity index (χ4v) is 8.19. The molecule has 19 heteroatoms. The second kappa shape index (κ2) is 17.7. The van der Waals surface area contributed by atoms with Crippen molar-refractivity contribution in [2.75, 3.05) is 23.9 Å². The van der Waals surface area contributed by atoms with Gasteiger partial charge in [0.15, 0.2) is 23.3 Å². The molecule has 0 radical (unpaired) electrons. The number of hydrogen-bond acceptors (Lipinski definition) is 7. The number of amides is 4. The lowest BCUT2D eigenvalue weighted by atomic mass is 10.0. The van der Waals surface area contributed by atoms with E-state index in [9.17, 15) is 36.7 Å². The second-order valence-electron chi connectivity index (χ2n) is 14.0. The molecule has 0 fully saturated rings. The lowest BCUT2D eigenvalue weighted by Crippen LogP contribution is -2.50. The summed E-state index contributed by atoms with van der Waals surface area (Å²) in [5.41, 5.74) is -1.63. The van der Waals surface area contributed by atoms with Crippen molar-refractivity contribution in [1.29, 1.82) is 0 Å². The van der Waals surface area contributed by atoms with Gasteiger partial charge in [-0.25, -0.2) is 40.1 Å². The van der Waals surface area contributed by atoms with Crippen LogP contribution in [-0.4, -0.2) is 54.8 Å². The average Bonchev–Trinajstić information content (AvgIpc) is 3.90. The zero-order valence-corrected chi connectivity index (χ0v) is 33.7. The Labute approximate surface area is 354 Å². The Morgan fingerprint density at radius 2 is 1.03 bits per heavy atom. The highest BCUT2D eigenvalue weighted by Crippen LogP contribution is 2.29. The number of thiophene rings is 1. The zero-order chi connectivity index (χ0) is 44.6. The third-order valence-corrected chi connectivity index (χ3v) is 11.5. The van der Waals surface area contributed by atoms with E-state index < -0.39 is 106 Å². The molecule has 0 bridgehead atoms. The fourth-order valence-electron chi connectivity index (χ4n) is 6.76. The maximum Gasteiger partial charge on any atom is 0.258 e. The molecule has 2 aromatic heterocycles. The molecule has 0 saturated heterocycles. The first-order valence-corrected chi connectivity index (χ1v) is 20.0. The number of nitrogens with zero attached hydrogens (tertiary/aromatic N) is 3. The lowest BCUT2D eigenvalue weighted by molar-refractivity contribution is -0.120. The first-order valence-electron chi connectivity index (χ1n) is 18.2. The van der Waals surface area contributed by atoms with Crippen LogP contribution in [0.2, 0.25) is 0 Å². The normalized spacial score (nSPS) is 12.3. The quantitative estimate of drug-likeness (QED) is 0.0726. The summed E-state index contributed by atoms with van der Waals surface area (Å²) < 4.78 is 121. The molecule has 5 aromatic carbocycles. The first kappa shape index (κ1) is 43.4. The van der Waals surface area contributed by atoms with Gasteiger partial charge in [-0.3, -0.25) is 19.2 Å². The Hall–Kier alpha value is -6.73. The lowest BCUT2D eigenvalue weighted by Gasteiger charge is -2.26. The van der Waals surface area contributed by atoms with Gasteiger partial charge in [0, 0.05) is 55.1 Å². The summed E-state index contributed by atoms with van der Waals surface area (Å²) in [6.45, 7) is 0. The van der Waals surface area contributed by atoms with Crippen molar-refractivity contribution in [3.63, 3.8) is 0 Å². The number of benzene rings is 5. The molecule has 318 valence electrons. The molecule has 2 atom stereocenters. The van der Waals surface area contributed by atoms with Gasteiger partial charge >= 0.3 is 0 Å². The molecule has 2 N–H and O–H groups in total. The van der Waals surface area contributed by atoms with Crippen LogP contribution in [0.1, 0.15) is 31.8 Å². The predicted molar refractivity (Wildman–Crippen MR) is 217 cm³/mol. The number of halogens is 8. The molecule has 0 aliphatic carbocycles. The number of rotatable bonds is 12. The zero-order valence-electron chi connectivity index (χ0n) is 32.0. The molecule has 0 spiro atoms. The van der Waals surface area contributed by atoms with Crippen LogP contribution in [0, 0.1) is 46.5 Å². The Kier molecular flexibility index (Phi) is 12.4. The molecular weight excluding hydrogens is 867 g/mol. The highest BCUT2D eigenvalue weighted by atomic mass is 32.1. The molecule has 62 heavy (non-hydrogen) atoms. The minimum Gasteiger partial charge on any atom is -0.340 e. The number of likely N-dealkylation sites (N-methyl/N-ethyl adjacent to an activating group) is 2. The summed E-state index contributed by atoms with van der Waals surface area (Å²) in [6, 6.07) is 11.9. The van der Waals surface area contributed by atoms with Crippen LogP contribution in [0.4, 0.5) is 46.5 Å². The number of thiazole rings is 1. The van der Waals surface area contributed by atoms with Crippen LogP contribution >= 0.6 is 22.7 Å². The predicted octanol–water partition coefficient (Wildman–Crippen LogP) is 8.63. The fraction of sp³-hybridized carbons (Fsp3) is 0.140. The summed E-state index contributed by atoms with van der Waals surface area (Å²) in [5.74, 6) is -19.6. The Bertz CT molecular complexity index is 2690. The van der Waals surface area contributed by atoms with Crippen molar-refractivity contribution in [3.8, 4) is 0 Å². The van der Waals surface area contributed by atoms with Crippen LogP contribution in [0.25, 0.3) is 20.3 Å². The van der Waals surface area contributed by atoms with E-state index in [1.165, 1.54) is 48.9 Å². The van der Waals surface area contributed by atoms with Gasteiger partial charge in [-0.1, -0.05) is 0 Å². The van der Waals surface area contributed by atoms with Gasteiger partial charge in [-0.2, -0.15) is 0 Å². The monoisotopic (exact) mass is 895 g/mol. The van der Waals surface area contributed by atoms with E-state index in [1.54, 1.807) is 41.2 Å². The minimum atomic E-state index is -2.50. The van der Waals surface area contributed by atoms with Crippen molar-refractivity contribution in [2.45, 2.75) is 24.9 Å². The largest absolute Gasteiger partial charge is 0.340 e. The van der Waals surface area contributed by atoms with Crippen LogP contribution < -0.4 is 20.4 Å². The topological polar surface area (TPSA) is 112 Å². The SMILES string of the molecule is CN(C(=O)[C@H](Cc1cc(F)cc(F)c1)NC(=O)c1c(F)c(F)c(F)c(C(=O)N[C@@H](Cc2cc(F)cc(F)c2)C(=O)N(C)c2ccc3scnc3c2)c1F)c1ccc2sccc2c1. The van der Waals surface area contributed by atoms with Gasteiger partial charge in [-0.15, -0.1) is 22.7 Å². The van der Waals surface area contributed by atoms with Crippen LogP contribution in [0.15, 0.2) is 89.8 Å². The van der Waals surface area contributed by atoms with Crippen molar-refractivity contribution in [3.05, 3.63) is 159 Å². The van der Waals surface area contributed by atoms with E-state index in [0.29, 0.717) is 17.6 Å². The summed E-state index contributed by atoms with van der Waals surface area (Å²) in [7, 11) is 2.54. The summed E-state index contributed by atoms with van der Waals surface area (Å²) >= 11 is 2.71. The van der Waals surface area contributed by atoms with Crippen molar-refractivity contribution < 1.29 is 54.3 Å². The van der Waals surface area contributed by atoms with E-state index in [-0.39, 0.29) is 22.5 Å². The highest BCUT2D eigenvalue weighted by molar-refractivity contribution is 7.17. The number of carbonyl (C=O) groups excluding carboxylic acids is 4. The van der Waals surface area contributed by atoms with Gasteiger partial charge in [0.05, 0.1) is 15.7 Å². The third kappa shape index (κ3) is 8.99. The number of nitrogens with one attached hydrogen (secondary N) is 2. The molecule has 0 saturated carbocycles. The Balaban J connectivity index is 1.22. The second-order valence-corrected chi connectivity index (χ2v) is 15.8. The maximum absolute atomic E-state index is 16.4. The van der Waals surface area contributed by atoms with E-state index in [1.807, 2.05) is 10.6 Å². The van der Waals surface area contributed by atoms with Crippen molar-refractivity contribution >= 4 is 78.0 Å². The van der Waals surface area contributed by atoms with Crippen molar-refractivity contribution in [2.24, 2.45) is 0 Å². The summed E-state index contributed by atoms with van der Waals surface area (Å²) in [5, 5.41) is 6.58. The smallest absolute Gasteiger partial charge is 0.258 e. The van der Waals surface area contributed by atoms with Gasteiger partial charge in [0.1, 0.15) is 46.5 Å². The molecule has 0 unspecified atom stereocenters. The van der Waals surface area contributed by atoms with E-state index in [4.69, 9.17) is 0 Å². The summed E-state index contributed by atoms with van der Waals surface area (Å²) in [4.78, 5) is 61.6. The van der Waals surface area contributed by atoms with Crippen LogP contribution in [0.3, 0.4) is 0 Å². The first-order chi connectivity index (χ1) is 29.5. The average molecular weight is 896 g/mol. The van der Waals surface area contributed by atoms with Crippen LogP contribution in [0.5, 0.6) is 0 Å². The molecule has 7 aromatic rings. The molecule has 7 rings (SSSR count). The third-order valence-electron chi connectivity index (χ3n) is 9.83. The molecule has 9 nitrogen and oxygen atoms in total. The van der Waals surface area contributed by atoms with Crippen LogP contribution in [-0.2, 0) is 22.4 Å². The molecule has 0 aliphatic heterocycles. The maximum atomic E-state index is 16.4. The number of anilines is 2. The van der Waals surface area contributed by atoms with Gasteiger partial charge in [0.25, 0.3) is 11.8 Å². The molecule has 2 heterocycles. The number of hydrogen-bond donors (Lipinski definition) is 2. The van der Waals surface area contributed by atoms with Crippen molar-refractivity contribution in [1.82, 2.24) is 15.6 Å². The number of fused-ring (bicyclic) bond motifs is 2. The van der Waals surface area contributed by atoms with Gasteiger partial charge in [0.2, 0.25) is 11.8 Å². The standard InChI is InChI=1S/C43H29F8N5O4S2/c1-55(27-3-5-32-22(15-27)7-8-61-32)42(59)30(13-20-9-23(44)16-24(45)10-20)53-40(57)34-36(48)35(38(50)39(51)37(34)49)41(58)54-31(14-21-11-25(46)17-26(47)12-21)43(60)56(2)28-4-6-33-29(18-28)52-19-62-33/h3-12,15-19,30-31H,13-14H2,1-2H3,(H,53,57)(H,54,58)/t30-,31-/m0/s1.